The second-order valence-corrected chi connectivity index (χ2v) is 6.07. The third-order valence-corrected chi connectivity index (χ3v) is 4.38. The third-order valence-electron chi connectivity index (χ3n) is 4.38. The number of aliphatic hydroxyl groups excluding tert-OH is 1. The van der Waals surface area contributed by atoms with E-state index in [1.54, 1.807) is 0 Å². The van der Waals surface area contributed by atoms with Crippen molar-refractivity contribution in [3.8, 4) is 0 Å². The van der Waals surface area contributed by atoms with E-state index in [4.69, 9.17) is 0 Å². The molecule has 102 valence electrons. The molecule has 3 rings (SSSR count). The van der Waals surface area contributed by atoms with E-state index in [2.05, 4.69) is 47.3 Å². The molecule has 1 aromatic heterocycles. The van der Waals surface area contributed by atoms with Crippen molar-refractivity contribution in [1.29, 1.82) is 0 Å². The molecule has 1 fully saturated rings. The molecule has 0 spiro atoms. The molecule has 1 heterocycles. The summed E-state index contributed by atoms with van der Waals surface area (Å²) in [7, 11) is 2.14. The van der Waals surface area contributed by atoms with Gasteiger partial charge in [-0.25, -0.2) is 0 Å². The Morgan fingerprint density at radius 1 is 1.32 bits per heavy atom. The first-order valence-corrected chi connectivity index (χ1v) is 7.07. The molecule has 1 aliphatic carbocycles. The maximum absolute atomic E-state index is 9.53. The quantitative estimate of drug-likeness (QED) is 0.865. The van der Waals surface area contributed by atoms with E-state index in [-0.39, 0.29) is 5.41 Å². The minimum Gasteiger partial charge on any atom is -0.396 e. The summed E-state index contributed by atoms with van der Waals surface area (Å²) in [5.74, 6) is 0. The van der Waals surface area contributed by atoms with Crippen molar-refractivity contribution >= 4 is 10.9 Å². The summed E-state index contributed by atoms with van der Waals surface area (Å²) in [5.41, 5.74) is 2.61. The smallest absolute Gasteiger partial charge is 0.0499 e. The van der Waals surface area contributed by atoms with Crippen molar-refractivity contribution in [2.75, 3.05) is 20.2 Å². The van der Waals surface area contributed by atoms with E-state index in [0.29, 0.717) is 6.61 Å². The molecule has 3 heteroatoms. The molecule has 0 aliphatic heterocycles. The van der Waals surface area contributed by atoms with Crippen LogP contribution >= 0.6 is 0 Å². The molecule has 0 radical (unpaired) electrons. The number of nitrogens with one attached hydrogen (secondary N) is 1. The molecule has 1 aliphatic rings. The molecular formula is C16H22N2O. The van der Waals surface area contributed by atoms with Crippen LogP contribution in [0.4, 0.5) is 0 Å². The lowest BCUT2D eigenvalue weighted by atomic mass is 9.69. The van der Waals surface area contributed by atoms with Crippen LogP contribution < -0.4 is 0 Å². The van der Waals surface area contributed by atoms with Crippen LogP contribution in [-0.2, 0) is 6.54 Å². The van der Waals surface area contributed by atoms with Crippen LogP contribution in [0.25, 0.3) is 10.9 Å². The molecule has 1 aromatic carbocycles. The fourth-order valence-electron chi connectivity index (χ4n) is 3.18. The molecule has 0 atom stereocenters. The van der Waals surface area contributed by atoms with Gasteiger partial charge in [0.25, 0.3) is 0 Å². The zero-order valence-electron chi connectivity index (χ0n) is 11.5. The van der Waals surface area contributed by atoms with Gasteiger partial charge >= 0.3 is 0 Å². The number of aromatic nitrogens is 1. The molecule has 0 unspecified atom stereocenters. The largest absolute Gasteiger partial charge is 0.396 e. The Labute approximate surface area is 114 Å². The van der Waals surface area contributed by atoms with Crippen molar-refractivity contribution in [1.82, 2.24) is 9.88 Å². The average Bonchev–Trinajstić information content (AvgIpc) is 2.75. The first-order valence-electron chi connectivity index (χ1n) is 7.07. The maximum Gasteiger partial charge on any atom is 0.0499 e. The number of nitrogens with zero attached hydrogens (tertiary/aromatic N) is 1. The van der Waals surface area contributed by atoms with E-state index in [0.717, 1.165) is 13.1 Å². The first-order chi connectivity index (χ1) is 9.21. The summed E-state index contributed by atoms with van der Waals surface area (Å²) in [4.78, 5) is 5.78. The van der Waals surface area contributed by atoms with E-state index >= 15 is 0 Å². The number of para-hydroxylation sites is 1. The van der Waals surface area contributed by atoms with Gasteiger partial charge in [-0.2, -0.15) is 0 Å². The first kappa shape index (κ1) is 12.7. The summed E-state index contributed by atoms with van der Waals surface area (Å²) in [6.07, 6.45) is 3.60. The van der Waals surface area contributed by atoms with Crippen LogP contribution in [0.5, 0.6) is 0 Å². The molecule has 0 amide bonds. The molecule has 1 saturated carbocycles. The van der Waals surface area contributed by atoms with Gasteiger partial charge in [-0.15, -0.1) is 0 Å². The van der Waals surface area contributed by atoms with Crippen LogP contribution in [0.3, 0.4) is 0 Å². The summed E-state index contributed by atoms with van der Waals surface area (Å²) < 4.78 is 0. The van der Waals surface area contributed by atoms with Crippen LogP contribution in [0.15, 0.2) is 30.3 Å². The van der Waals surface area contributed by atoms with E-state index in [1.165, 1.54) is 35.9 Å². The van der Waals surface area contributed by atoms with Crippen molar-refractivity contribution in [3.63, 3.8) is 0 Å². The molecule has 2 N–H and O–H groups in total. The lowest BCUT2D eigenvalue weighted by molar-refractivity contribution is 0.0125. The number of aliphatic hydroxyl groups is 1. The lowest BCUT2D eigenvalue weighted by Crippen LogP contribution is -2.43. The monoisotopic (exact) mass is 258 g/mol. The summed E-state index contributed by atoms with van der Waals surface area (Å²) in [5, 5.41) is 10.8. The van der Waals surface area contributed by atoms with Gasteiger partial charge in [0.15, 0.2) is 0 Å². The Kier molecular flexibility index (Phi) is 3.33. The van der Waals surface area contributed by atoms with Crippen molar-refractivity contribution in [2.45, 2.75) is 25.8 Å². The van der Waals surface area contributed by atoms with Gasteiger partial charge < -0.3 is 10.1 Å². The lowest BCUT2D eigenvalue weighted by Gasteiger charge is -2.42. The fraction of sp³-hybridized carbons (Fsp3) is 0.500. The van der Waals surface area contributed by atoms with Gasteiger partial charge in [-0.05, 0) is 37.4 Å². The predicted octanol–water partition coefficient (Wildman–Crippen LogP) is 2.76. The zero-order valence-corrected chi connectivity index (χ0v) is 11.5. The standard InChI is InChI=1S/C16H22N2O/c1-18(11-16(12-19)7-4-8-16)10-14-9-13-5-2-3-6-15(13)17-14/h2-3,5-6,9,17,19H,4,7-8,10-12H2,1H3. The van der Waals surface area contributed by atoms with Crippen LogP contribution in [-0.4, -0.2) is 35.2 Å². The number of aromatic amines is 1. The Morgan fingerprint density at radius 2 is 2.11 bits per heavy atom. The highest BCUT2D eigenvalue weighted by atomic mass is 16.3. The molecule has 19 heavy (non-hydrogen) atoms. The van der Waals surface area contributed by atoms with Crippen LogP contribution in [0.2, 0.25) is 0 Å². The minimum atomic E-state index is 0.167. The van der Waals surface area contributed by atoms with Gasteiger partial charge in [0.1, 0.15) is 0 Å². The van der Waals surface area contributed by atoms with Gasteiger partial charge in [0, 0.05) is 36.3 Å². The summed E-state index contributed by atoms with van der Waals surface area (Å²) >= 11 is 0. The highest BCUT2D eigenvalue weighted by molar-refractivity contribution is 5.80. The third kappa shape index (κ3) is 2.53. The Morgan fingerprint density at radius 3 is 2.74 bits per heavy atom. The fourth-order valence-corrected chi connectivity index (χ4v) is 3.18. The summed E-state index contributed by atoms with van der Waals surface area (Å²) in [6.45, 7) is 2.22. The van der Waals surface area contributed by atoms with Gasteiger partial charge in [-0.3, -0.25) is 4.90 Å². The highest BCUT2D eigenvalue weighted by Gasteiger charge is 2.37. The van der Waals surface area contributed by atoms with Crippen LogP contribution in [0, 0.1) is 5.41 Å². The molecule has 0 bridgehead atoms. The second kappa shape index (κ2) is 4.99. The van der Waals surface area contributed by atoms with Gasteiger partial charge in [0.05, 0.1) is 0 Å². The minimum absolute atomic E-state index is 0.167. The van der Waals surface area contributed by atoms with Crippen molar-refractivity contribution < 1.29 is 5.11 Å². The Hall–Kier alpha value is -1.32. The normalized spacial score (nSPS) is 17.8. The van der Waals surface area contributed by atoms with Crippen molar-refractivity contribution in [2.24, 2.45) is 5.41 Å². The molecule has 2 aromatic rings. The molecule has 3 nitrogen and oxygen atoms in total. The second-order valence-electron chi connectivity index (χ2n) is 6.07. The maximum atomic E-state index is 9.53. The SMILES string of the molecule is CN(Cc1cc2ccccc2[nH]1)CC1(CO)CCC1. The van der Waals surface area contributed by atoms with E-state index < -0.39 is 0 Å². The Balaban J connectivity index is 1.67. The number of hydrogen-bond donors (Lipinski definition) is 2. The zero-order chi connectivity index (χ0) is 13.3. The van der Waals surface area contributed by atoms with Crippen LogP contribution in [0.1, 0.15) is 25.0 Å². The average molecular weight is 258 g/mol. The molecule has 0 saturated heterocycles. The van der Waals surface area contributed by atoms with E-state index in [1.807, 2.05) is 0 Å². The molecular weight excluding hydrogens is 236 g/mol. The predicted molar refractivity (Wildman–Crippen MR) is 78.0 cm³/mol. The number of H-pyrrole nitrogens is 1. The van der Waals surface area contributed by atoms with Gasteiger partial charge in [-0.1, -0.05) is 24.6 Å². The number of rotatable bonds is 5. The highest BCUT2D eigenvalue weighted by Crippen LogP contribution is 2.41. The summed E-state index contributed by atoms with van der Waals surface area (Å²) in [6, 6.07) is 10.6. The number of benzene rings is 1. The van der Waals surface area contributed by atoms with Crippen molar-refractivity contribution in [3.05, 3.63) is 36.0 Å². The Bertz CT molecular complexity index is 518. The number of hydrogen-bond acceptors (Lipinski definition) is 2. The van der Waals surface area contributed by atoms with E-state index in [9.17, 15) is 5.11 Å². The van der Waals surface area contributed by atoms with Gasteiger partial charge in [0.2, 0.25) is 0 Å². The number of fused-ring (bicyclic) bond motifs is 1. The topological polar surface area (TPSA) is 39.3 Å².